The van der Waals surface area contributed by atoms with Gasteiger partial charge in [-0.25, -0.2) is 4.98 Å². The second kappa shape index (κ2) is 10.8. The van der Waals surface area contributed by atoms with Crippen LogP contribution in [-0.2, 0) is 6.42 Å². The number of thiazole rings is 1. The first-order valence-corrected chi connectivity index (χ1v) is 11.4. The summed E-state index contributed by atoms with van der Waals surface area (Å²) in [7, 11) is 0. The van der Waals surface area contributed by atoms with Crippen molar-refractivity contribution in [2.24, 2.45) is 5.73 Å². The number of benzene rings is 2. The summed E-state index contributed by atoms with van der Waals surface area (Å²) >= 11 is 1.48. The van der Waals surface area contributed by atoms with Crippen LogP contribution in [-0.4, -0.2) is 16.0 Å². The number of primary amides is 1. The SMILES string of the molecule is CCCCCCCCc1ccc(Nc2nc(-c3ccc(O)c(C(N)=O)c3)cs2)cc1. The minimum Gasteiger partial charge on any atom is -0.507 e. The quantitative estimate of drug-likeness (QED) is 0.318. The van der Waals surface area contributed by atoms with Crippen LogP contribution in [0.25, 0.3) is 11.3 Å². The highest BCUT2D eigenvalue weighted by molar-refractivity contribution is 7.14. The maximum absolute atomic E-state index is 11.4. The Bertz CT molecular complexity index is 967. The molecule has 0 aliphatic heterocycles. The van der Waals surface area contributed by atoms with E-state index >= 15 is 0 Å². The topological polar surface area (TPSA) is 88.2 Å². The standard InChI is InChI=1S/C24H29N3O2S/c1-2-3-4-5-6-7-8-17-9-12-19(13-10-17)26-24-27-21(16-30-24)18-11-14-22(28)20(15-18)23(25)29/h9-16,28H,2-8H2,1H3,(H2,25,29)(H,26,27). The summed E-state index contributed by atoms with van der Waals surface area (Å²) in [5, 5.41) is 15.7. The Kier molecular flexibility index (Phi) is 7.85. The van der Waals surface area contributed by atoms with E-state index in [1.165, 1.54) is 61.5 Å². The van der Waals surface area contributed by atoms with Gasteiger partial charge in [-0.15, -0.1) is 11.3 Å². The summed E-state index contributed by atoms with van der Waals surface area (Å²) in [6.45, 7) is 2.25. The van der Waals surface area contributed by atoms with Crippen LogP contribution in [0.1, 0.15) is 61.4 Å². The van der Waals surface area contributed by atoms with Gasteiger partial charge in [0.15, 0.2) is 5.13 Å². The van der Waals surface area contributed by atoms with Gasteiger partial charge in [-0.2, -0.15) is 0 Å². The zero-order valence-electron chi connectivity index (χ0n) is 17.4. The van der Waals surface area contributed by atoms with E-state index in [2.05, 4.69) is 41.5 Å². The lowest BCUT2D eigenvalue weighted by atomic mass is 10.0. The van der Waals surface area contributed by atoms with E-state index in [9.17, 15) is 9.90 Å². The fourth-order valence-electron chi connectivity index (χ4n) is 3.34. The van der Waals surface area contributed by atoms with Crippen LogP contribution in [0.4, 0.5) is 10.8 Å². The Morgan fingerprint density at radius 2 is 1.80 bits per heavy atom. The number of anilines is 2. The molecule has 0 fully saturated rings. The van der Waals surface area contributed by atoms with Crippen molar-refractivity contribution < 1.29 is 9.90 Å². The van der Waals surface area contributed by atoms with E-state index in [1.54, 1.807) is 12.1 Å². The first-order valence-electron chi connectivity index (χ1n) is 10.5. The minimum absolute atomic E-state index is 0.0935. The van der Waals surface area contributed by atoms with Gasteiger partial charge in [0.2, 0.25) is 0 Å². The number of nitrogens with two attached hydrogens (primary N) is 1. The Morgan fingerprint density at radius 3 is 2.53 bits per heavy atom. The molecule has 1 amide bonds. The van der Waals surface area contributed by atoms with Crippen LogP contribution >= 0.6 is 11.3 Å². The van der Waals surface area contributed by atoms with Crippen LogP contribution in [0.2, 0.25) is 0 Å². The van der Waals surface area contributed by atoms with E-state index in [0.29, 0.717) is 0 Å². The molecule has 1 aromatic heterocycles. The number of hydrogen-bond donors (Lipinski definition) is 3. The number of carbonyl (C=O) groups excluding carboxylic acids is 1. The van der Waals surface area contributed by atoms with Crippen LogP contribution in [0, 0.1) is 0 Å². The fourth-order valence-corrected chi connectivity index (χ4v) is 4.08. The minimum atomic E-state index is -0.663. The molecule has 0 radical (unpaired) electrons. The summed E-state index contributed by atoms with van der Waals surface area (Å²) in [6, 6.07) is 13.2. The van der Waals surface area contributed by atoms with Gasteiger partial charge in [0, 0.05) is 16.6 Å². The van der Waals surface area contributed by atoms with Crippen molar-refractivity contribution in [1.29, 1.82) is 0 Å². The summed E-state index contributed by atoms with van der Waals surface area (Å²) < 4.78 is 0. The van der Waals surface area contributed by atoms with E-state index in [0.717, 1.165) is 28.5 Å². The van der Waals surface area contributed by atoms with Gasteiger partial charge in [-0.3, -0.25) is 4.79 Å². The van der Waals surface area contributed by atoms with Gasteiger partial charge in [-0.05, 0) is 48.7 Å². The second-order valence-electron chi connectivity index (χ2n) is 7.47. The highest BCUT2D eigenvalue weighted by Gasteiger charge is 2.11. The van der Waals surface area contributed by atoms with Crippen molar-refractivity contribution in [3.8, 4) is 17.0 Å². The number of amides is 1. The molecule has 0 aliphatic rings. The predicted octanol–water partition coefficient (Wildman–Crippen LogP) is 6.26. The average Bonchev–Trinajstić information content (AvgIpc) is 3.20. The lowest BCUT2D eigenvalue weighted by molar-refractivity contribution is 0.0998. The molecular weight excluding hydrogens is 394 g/mol. The Hall–Kier alpha value is -2.86. The third kappa shape index (κ3) is 6.07. The molecule has 0 aliphatic carbocycles. The van der Waals surface area contributed by atoms with Gasteiger partial charge in [-0.1, -0.05) is 51.2 Å². The number of aryl methyl sites for hydroxylation is 1. The number of unbranched alkanes of at least 4 members (excludes halogenated alkanes) is 5. The van der Waals surface area contributed by atoms with Crippen molar-refractivity contribution in [1.82, 2.24) is 4.98 Å². The molecule has 0 unspecified atom stereocenters. The molecule has 5 nitrogen and oxygen atoms in total. The van der Waals surface area contributed by atoms with Crippen molar-refractivity contribution in [2.45, 2.75) is 51.9 Å². The molecule has 4 N–H and O–H groups in total. The molecule has 1 heterocycles. The van der Waals surface area contributed by atoms with Gasteiger partial charge < -0.3 is 16.2 Å². The summed E-state index contributed by atoms with van der Waals surface area (Å²) in [4.78, 5) is 16.0. The third-order valence-corrected chi connectivity index (χ3v) is 5.84. The number of aromatic hydroxyl groups is 1. The van der Waals surface area contributed by atoms with Gasteiger partial charge >= 0.3 is 0 Å². The van der Waals surface area contributed by atoms with Crippen molar-refractivity contribution in [2.75, 3.05) is 5.32 Å². The molecule has 3 aromatic rings. The van der Waals surface area contributed by atoms with Crippen LogP contribution in [0.3, 0.4) is 0 Å². The molecule has 6 heteroatoms. The molecule has 158 valence electrons. The molecule has 2 aromatic carbocycles. The Morgan fingerprint density at radius 1 is 1.07 bits per heavy atom. The molecule has 0 bridgehead atoms. The van der Waals surface area contributed by atoms with E-state index in [1.807, 2.05) is 5.38 Å². The number of phenols is 1. The molecule has 3 rings (SSSR count). The van der Waals surface area contributed by atoms with E-state index in [-0.39, 0.29) is 11.3 Å². The molecule has 0 atom stereocenters. The van der Waals surface area contributed by atoms with Crippen LogP contribution in [0.15, 0.2) is 47.8 Å². The van der Waals surface area contributed by atoms with Gasteiger partial charge in [0.25, 0.3) is 5.91 Å². The molecule has 0 saturated heterocycles. The van der Waals surface area contributed by atoms with Crippen molar-refractivity contribution in [3.63, 3.8) is 0 Å². The van der Waals surface area contributed by atoms with Crippen LogP contribution < -0.4 is 11.1 Å². The Balaban J connectivity index is 1.56. The predicted molar refractivity (Wildman–Crippen MR) is 125 cm³/mol. The lowest BCUT2D eigenvalue weighted by Gasteiger charge is -2.06. The van der Waals surface area contributed by atoms with Crippen molar-refractivity contribution in [3.05, 3.63) is 59.0 Å². The molecule has 30 heavy (non-hydrogen) atoms. The number of nitrogens with zero attached hydrogens (tertiary/aromatic N) is 1. The number of rotatable bonds is 11. The van der Waals surface area contributed by atoms with Gasteiger partial charge in [0.1, 0.15) is 5.75 Å². The monoisotopic (exact) mass is 423 g/mol. The smallest absolute Gasteiger partial charge is 0.252 e. The van der Waals surface area contributed by atoms with Crippen molar-refractivity contribution >= 4 is 28.1 Å². The van der Waals surface area contributed by atoms with Crippen LogP contribution in [0.5, 0.6) is 5.75 Å². The zero-order chi connectivity index (χ0) is 21.3. The number of nitrogens with one attached hydrogen (secondary N) is 1. The first kappa shape index (κ1) is 21.8. The lowest BCUT2D eigenvalue weighted by Crippen LogP contribution is -2.11. The highest BCUT2D eigenvalue weighted by atomic mass is 32.1. The molecule has 0 saturated carbocycles. The third-order valence-electron chi connectivity index (χ3n) is 5.09. The summed E-state index contributed by atoms with van der Waals surface area (Å²) in [6.07, 6.45) is 8.99. The normalized spacial score (nSPS) is 10.8. The molecular formula is C24H29N3O2S. The molecule has 0 spiro atoms. The number of hydrogen-bond acceptors (Lipinski definition) is 5. The fraction of sp³-hybridized carbons (Fsp3) is 0.333. The first-order chi connectivity index (χ1) is 14.6. The maximum atomic E-state index is 11.4. The largest absolute Gasteiger partial charge is 0.507 e. The maximum Gasteiger partial charge on any atom is 0.252 e. The average molecular weight is 424 g/mol. The summed E-state index contributed by atoms with van der Waals surface area (Å²) in [5.74, 6) is -0.787. The number of aromatic nitrogens is 1. The zero-order valence-corrected chi connectivity index (χ0v) is 18.2. The van der Waals surface area contributed by atoms with Gasteiger partial charge in [0.05, 0.1) is 11.3 Å². The Labute approximate surface area is 182 Å². The van der Waals surface area contributed by atoms with E-state index < -0.39 is 5.91 Å². The second-order valence-corrected chi connectivity index (χ2v) is 8.33. The number of carbonyl (C=O) groups is 1. The highest BCUT2D eigenvalue weighted by Crippen LogP contribution is 2.30. The van der Waals surface area contributed by atoms with E-state index in [4.69, 9.17) is 5.73 Å². The summed E-state index contributed by atoms with van der Waals surface area (Å²) in [5.41, 5.74) is 9.22.